The molecule has 1 aromatic carbocycles. The van der Waals surface area contributed by atoms with E-state index in [2.05, 4.69) is 58.2 Å². The Morgan fingerprint density at radius 1 is 1.15 bits per heavy atom. The number of hydrogen-bond acceptors (Lipinski definition) is 4. The predicted octanol–water partition coefficient (Wildman–Crippen LogP) is 2.16. The molecule has 2 aliphatic rings. The van der Waals surface area contributed by atoms with E-state index in [1.165, 1.54) is 11.1 Å². The number of carbonyl (C=O) groups excluding carboxylic acids is 1. The van der Waals surface area contributed by atoms with Gasteiger partial charge in [0.2, 0.25) is 5.91 Å². The number of aryl methyl sites for hydroxylation is 2. The first kappa shape index (κ1) is 18.9. The molecule has 4 rings (SSSR count). The Kier molecular flexibility index (Phi) is 5.63. The van der Waals surface area contributed by atoms with E-state index in [0.29, 0.717) is 30.8 Å². The lowest BCUT2D eigenvalue weighted by molar-refractivity contribution is -0.130. The Morgan fingerprint density at radius 3 is 2.62 bits per heavy atom. The zero-order chi connectivity index (χ0) is 17.4. The number of aromatic nitrogens is 3. The normalized spacial score (nSPS) is 25.2. The van der Waals surface area contributed by atoms with E-state index in [1.807, 2.05) is 4.57 Å². The van der Waals surface area contributed by atoms with Crippen molar-refractivity contribution in [1.82, 2.24) is 24.6 Å². The van der Waals surface area contributed by atoms with Crippen molar-refractivity contribution in [3.63, 3.8) is 0 Å². The molecule has 0 N–H and O–H groups in total. The third-order valence-electron chi connectivity index (χ3n) is 5.80. The van der Waals surface area contributed by atoms with Crippen molar-refractivity contribution >= 4 is 18.3 Å². The number of benzene rings is 1. The van der Waals surface area contributed by atoms with E-state index in [0.717, 1.165) is 19.6 Å². The molecule has 1 amide bonds. The van der Waals surface area contributed by atoms with Gasteiger partial charge in [0.15, 0.2) is 0 Å². The second kappa shape index (κ2) is 7.76. The van der Waals surface area contributed by atoms with Crippen molar-refractivity contribution in [2.24, 2.45) is 11.8 Å². The molecule has 140 valence electrons. The van der Waals surface area contributed by atoms with Crippen molar-refractivity contribution < 1.29 is 4.79 Å². The standard InChI is InChI=1S/C19H25N5O.ClH/c1-14-5-3-4-6-16(14)19-17-11-24(10-15(17)9-22(19)2)18(25)7-8-23-12-20-21-13-23;/h3-6,12-13,15,17,19H,7-11H2,1-2H3;1H/t15-,17+,19-;/m0./s1. The van der Waals surface area contributed by atoms with Gasteiger partial charge in [-0.15, -0.1) is 22.6 Å². The van der Waals surface area contributed by atoms with Crippen molar-refractivity contribution in [2.75, 3.05) is 26.7 Å². The summed E-state index contributed by atoms with van der Waals surface area (Å²) in [6, 6.07) is 9.08. The molecule has 3 heterocycles. The van der Waals surface area contributed by atoms with Gasteiger partial charge in [-0.25, -0.2) is 0 Å². The summed E-state index contributed by atoms with van der Waals surface area (Å²) >= 11 is 0. The molecule has 0 saturated carbocycles. The molecular weight excluding hydrogens is 350 g/mol. The summed E-state index contributed by atoms with van der Waals surface area (Å²) in [7, 11) is 2.22. The van der Waals surface area contributed by atoms with Crippen LogP contribution in [0.25, 0.3) is 0 Å². The van der Waals surface area contributed by atoms with Crippen molar-refractivity contribution in [3.05, 3.63) is 48.0 Å². The maximum atomic E-state index is 12.6. The topological polar surface area (TPSA) is 54.3 Å². The second-order valence-corrected chi connectivity index (χ2v) is 7.41. The van der Waals surface area contributed by atoms with Gasteiger partial charge in [-0.3, -0.25) is 9.69 Å². The molecule has 6 nitrogen and oxygen atoms in total. The van der Waals surface area contributed by atoms with Crippen LogP contribution in [0.5, 0.6) is 0 Å². The van der Waals surface area contributed by atoms with Gasteiger partial charge in [0, 0.05) is 44.6 Å². The summed E-state index contributed by atoms with van der Waals surface area (Å²) in [5.41, 5.74) is 2.76. The largest absolute Gasteiger partial charge is 0.342 e. The Morgan fingerprint density at radius 2 is 1.88 bits per heavy atom. The lowest BCUT2D eigenvalue weighted by Crippen LogP contribution is -2.34. The molecule has 7 heteroatoms. The summed E-state index contributed by atoms with van der Waals surface area (Å²) in [6.07, 6.45) is 3.84. The zero-order valence-corrected chi connectivity index (χ0v) is 16.1. The quantitative estimate of drug-likeness (QED) is 0.821. The molecule has 3 atom stereocenters. The van der Waals surface area contributed by atoms with E-state index in [4.69, 9.17) is 0 Å². The van der Waals surface area contributed by atoms with Crippen LogP contribution in [-0.4, -0.2) is 57.2 Å². The smallest absolute Gasteiger partial charge is 0.224 e. The summed E-state index contributed by atoms with van der Waals surface area (Å²) in [6.45, 7) is 5.67. The average Bonchev–Trinajstić information content (AvgIpc) is 3.30. The van der Waals surface area contributed by atoms with Crippen molar-refractivity contribution in [2.45, 2.75) is 25.9 Å². The van der Waals surface area contributed by atoms with Gasteiger partial charge in [0.05, 0.1) is 0 Å². The predicted molar refractivity (Wildman–Crippen MR) is 102 cm³/mol. The molecular formula is C19H26ClN5O. The SMILES string of the molecule is Cc1ccccc1[C@H]1[C@@H]2CN(C(=O)CCn3cnnc3)C[C@@H]2CN1C.Cl. The van der Waals surface area contributed by atoms with Crippen LogP contribution >= 0.6 is 12.4 Å². The third-order valence-corrected chi connectivity index (χ3v) is 5.80. The number of rotatable bonds is 4. The lowest BCUT2D eigenvalue weighted by Gasteiger charge is -2.28. The second-order valence-electron chi connectivity index (χ2n) is 7.41. The molecule has 0 unspecified atom stereocenters. The van der Waals surface area contributed by atoms with Crippen LogP contribution in [0.3, 0.4) is 0 Å². The molecule has 2 aromatic rings. The maximum Gasteiger partial charge on any atom is 0.224 e. The Labute approximate surface area is 160 Å². The minimum Gasteiger partial charge on any atom is -0.342 e. The fourth-order valence-electron chi connectivity index (χ4n) is 4.57. The van der Waals surface area contributed by atoms with Gasteiger partial charge in [-0.2, -0.15) is 0 Å². The molecule has 0 bridgehead atoms. The van der Waals surface area contributed by atoms with E-state index >= 15 is 0 Å². The third kappa shape index (κ3) is 3.48. The Balaban J connectivity index is 0.00000196. The van der Waals surface area contributed by atoms with E-state index < -0.39 is 0 Å². The number of carbonyl (C=O) groups is 1. The van der Waals surface area contributed by atoms with E-state index in [9.17, 15) is 4.79 Å². The molecule has 2 fully saturated rings. The van der Waals surface area contributed by atoms with Crippen LogP contribution in [0, 0.1) is 18.8 Å². The summed E-state index contributed by atoms with van der Waals surface area (Å²) in [5.74, 6) is 1.35. The molecule has 2 saturated heterocycles. The number of hydrogen-bond donors (Lipinski definition) is 0. The highest BCUT2D eigenvalue weighted by Gasteiger charge is 2.47. The maximum absolute atomic E-state index is 12.6. The zero-order valence-electron chi connectivity index (χ0n) is 15.3. The van der Waals surface area contributed by atoms with Gasteiger partial charge in [-0.1, -0.05) is 24.3 Å². The van der Waals surface area contributed by atoms with Crippen LogP contribution in [0.1, 0.15) is 23.6 Å². The first-order chi connectivity index (χ1) is 12.1. The summed E-state index contributed by atoms with van der Waals surface area (Å²) < 4.78 is 1.86. The van der Waals surface area contributed by atoms with E-state index in [1.54, 1.807) is 12.7 Å². The highest BCUT2D eigenvalue weighted by atomic mass is 35.5. The van der Waals surface area contributed by atoms with Gasteiger partial charge in [-0.05, 0) is 31.0 Å². The number of nitrogens with zero attached hydrogens (tertiary/aromatic N) is 5. The lowest BCUT2D eigenvalue weighted by atomic mass is 9.88. The van der Waals surface area contributed by atoms with Crippen molar-refractivity contribution in [3.8, 4) is 0 Å². The first-order valence-corrected chi connectivity index (χ1v) is 8.99. The Hall–Kier alpha value is -1.92. The highest BCUT2D eigenvalue weighted by molar-refractivity contribution is 5.85. The van der Waals surface area contributed by atoms with Crippen LogP contribution in [0.15, 0.2) is 36.9 Å². The molecule has 0 radical (unpaired) electrons. The minimum atomic E-state index is 0. The minimum absolute atomic E-state index is 0. The molecule has 0 spiro atoms. The van der Waals surface area contributed by atoms with Crippen molar-refractivity contribution in [1.29, 1.82) is 0 Å². The summed E-state index contributed by atoms with van der Waals surface area (Å²) in [5, 5.41) is 7.57. The van der Waals surface area contributed by atoms with Crippen LogP contribution in [0.4, 0.5) is 0 Å². The molecule has 1 aromatic heterocycles. The Bertz CT molecular complexity index is 750. The van der Waals surface area contributed by atoms with Crippen LogP contribution in [0.2, 0.25) is 0 Å². The average molecular weight is 376 g/mol. The van der Waals surface area contributed by atoms with Crippen LogP contribution < -0.4 is 0 Å². The first-order valence-electron chi connectivity index (χ1n) is 8.99. The monoisotopic (exact) mass is 375 g/mol. The fourth-order valence-corrected chi connectivity index (χ4v) is 4.57. The number of fused-ring (bicyclic) bond motifs is 1. The van der Waals surface area contributed by atoms with Gasteiger partial charge in [0.1, 0.15) is 12.7 Å². The van der Waals surface area contributed by atoms with Gasteiger partial charge in [0.25, 0.3) is 0 Å². The van der Waals surface area contributed by atoms with E-state index in [-0.39, 0.29) is 18.3 Å². The number of likely N-dealkylation sites (tertiary alicyclic amines) is 2. The molecule has 0 aliphatic carbocycles. The van der Waals surface area contributed by atoms with Gasteiger partial charge >= 0.3 is 0 Å². The van der Waals surface area contributed by atoms with Gasteiger partial charge < -0.3 is 9.47 Å². The summed E-state index contributed by atoms with van der Waals surface area (Å²) in [4.78, 5) is 17.2. The molecule has 2 aliphatic heterocycles. The number of amides is 1. The fraction of sp³-hybridized carbons (Fsp3) is 0.526. The highest BCUT2D eigenvalue weighted by Crippen LogP contribution is 2.44. The number of halogens is 1. The molecule has 26 heavy (non-hydrogen) atoms. The van der Waals surface area contributed by atoms with Crippen LogP contribution in [-0.2, 0) is 11.3 Å².